The molecule has 0 radical (unpaired) electrons. The predicted molar refractivity (Wildman–Crippen MR) is 130 cm³/mol. The van der Waals surface area contributed by atoms with Crippen molar-refractivity contribution in [3.05, 3.63) is 71.9 Å². The number of aromatic carboxylic acids is 1. The fourth-order valence-electron chi connectivity index (χ4n) is 3.62. The molecule has 0 atom stereocenters. The maximum Gasteiger partial charge on any atom is 0.337 e. The van der Waals surface area contributed by atoms with Gasteiger partial charge in [0, 0.05) is 18.3 Å². The van der Waals surface area contributed by atoms with Crippen molar-refractivity contribution in [1.82, 2.24) is 4.98 Å². The Morgan fingerprint density at radius 2 is 1.78 bits per heavy atom. The van der Waals surface area contributed by atoms with Gasteiger partial charge in [0.15, 0.2) is 0 Å². The lowest BCUT2D eigenvalue weighted by molar-refractivity contribution is 0.0696. The van der Waals surface area contributed by atoms with Crippen LogP contribution in [-0.4, -0.2) is 29.2 Å². The molecule has 5 nitrogen and oxygen atoms in total. The highest BCUT2D eigenvalue weighted by Gasteiger charge is 2.20. The molecule has 0 spiro atoms. The van der Waals surface area contributed by atoms with E-state index in [1.54, 1.807) is 12.1 Å². The summed E-state index contributed by atoms with van der Waals surface area (Å²) in [5.74, 6) is 1.34. The summed E-state index contributed by atoms with van der Waals surface area (Å²) < 4.78 is 6.24. The van der Waals surface area contributed by atoms with E-state index in [9.17, 15) is 9.90 Å². The van der Waals surface area contributed by atoms with E-state index in [4.69, 9.17) is 4.74 Å². The zero-order chi connectivity index (χ0) is 23.3. The van der Waals surface area contributed by atoms with Crippen molar-refractivity contribution in [3.8, 4) is 16.9 Å². The molecule has 2 aromatic carbocycles. The Morgan fingerprint density at radius 1 is 1.06 bits per heavy atom. The minimum atomic E-state index is -0.981. The fraction of sp³-hybridized carbons (Fsp3) is 0.333. The van der Waals surface area contributed by atoms with E-state index in [0.717, 1.165) is 28.1 Å². The Hall–Kier alpha value is -3.34. The molecule has 32 heavy (non-hydrogen) atoms. The molecule has 0 bridgehead atoms. The number of anilines is 2. The second-order valence-electron chi connectivity index (χ2n) is 8.59. The quantitative estimate of drug-likeness (QED) is 0.404. The van der Waals surface area contributed by atoms with E-state index in [1.165, 1.54) is 6.20 Å². The van der Waals surface area contributed by atoms with Crippen molar-refractivity contribution < 1.29 is 14.6 Å². The molecule has 0 aliphatic carbocycles. The van der Waals surface area contributed by atoms with Crippen molar-refractivity contribution in [2.24, 2.45) is 5.92 Å². The zero-order valence-corrected chi connectivity index (χ0v) is 19.5. The van der Waals surface area contributed by atoms with Gasteiger partial charge in [0.1, 0.15) is 11.6 Å². The second-order valence-corrected chi connectivity index (χ2v) is 8.59. The molecule has 0 unspecified atom stereocenters. The molecular formula is C27H32N2O3. The largest absolute Gasteiger partial charge is 0.493 e. The smallest absolute Gasteiger partial charge is 0.337 e. The average molecular weight is 433 g/mol. The lowest BCUT2D eigenvalue weighted by Crippen LogP contribution is -2.19. The molecular weight excluding hydrogens is 400 g/mol. The van der Waals surface area contributed by atoms with Crippen LogP contribution in [0.15, 0.2) is 60.8 Å². The van der Waals surface area contributed by atoms with Crippen LogP contribution in [-0.2, 0) is 0 Å². The Bertz CT molecular complexity index is 1040. The molecule has 0 fully saturated rings. The summed E-state index contributed by atoms with van der Waals surface area (Å²) in [7, 11) is 0. The van der Waals surface area contributed by atoms with Gasteiger partial charge in [-0.3, -0.25) is 0 Å². The van der Waals surface area contributed by atoms with Gasteiger partial charge < -0.3 is 14.7 Å². The molecule has 3 aromatic rings. The van der Waals surface area contributed by atoms with Crippen molar-refractivity contribution in [2.75, 3.05) is 18.1 Å². The number of carboxylic acids is 1. The standard InChI is InChI=1S/C27H32N2O3/c1-6-29(26-13-12-21(16-28-26)27(30)31)24-14-22(19(4)5)25(32-17-18(2)3)15-23(24)20-10-8-7-9-11-20/h7-16,18-19H,6,17H2,1-5H3,(H,30,31). The van der Waals surface area contributed by atoms with Crippen LogP contribution in [0.5, 0.6) is 5.75 Å². The van der Waals surface area contributed by atoms with Gasteiger partial charge in [-0.1, -0.05) is 58.0 Å². The summed E-state index contributed by atoms with van der Waals surface area (Å²) in [6.45, 7) is 12.0. The molecule has 0 amide bonds. The van der Waals surface area contributed by atoms with Gasteiger partial charge in [-0.05, 0) is 54.2 Å². The topological polar surface area (TPSA) is 62.7 Å². The normalized spacial score (nSPS) is 11.1. The second kappa shape index (κ2) is 10.3. The van der Waals surface area contributed by atoms with Crippen molar-refractivity contribution in [1.29, 1.82) is 0 Å². The highest BCUT2D eigenvalue weighted by Crippen LogP contribution is 2.41. The van der Waals surface area contributed by atoms with Gasteiger partial charge >= 0.3 is 5.97 Å². The summed E-state index contributed by atoms with van der Waals surface area (Å²) in [4.78, 5) is 17.8. The molecule has 0 saturated carbocycles. The van der Waals surface area contributed by atoms with Crippen LogP contribution in [0.25, 0.3) is 11.1 Å². The first-order valence-electron chi connectivity index (χ1n) is 11.1. The molecule has 1 N–H and O–H groups in total. The first-order valence-corrected chi connectivity index (χ1v) is 11.1. The SMILES string of the molecule is CCN(c1ccc(C(=O)O)cn1)c1cc(C(C)C)c(OCC(C)C)cc1-c1ccccc1. The molecule has 1 heterocycles. The van der Waals surface area contributed by atoms with E-state index in [1.807, 2.05) is 18.2 Å². The van der Waals surface area contributed by atoms with Gasteiger partial charge in [-0.25, -0.2) is 9.78 Å². The number of carboxylic acid groups (broad SMARTS) is 1. The number of carbonyl (C=O) groups is 1. The van der Waals surface area contributed by atoms with Crippen molar-refractivity contribution in [2.45, 2.75) is 40.5 Å². The number of ether oxygens (including phenoxy) is 1. The Morgan fingerprint density at radius 3 is 2.31 bits per heavy atom. The van der Waals surface area contributed by atoms with Crippen LogP contribution >= 0.6 is 0 Å². The first kappa shape index (κ1) is 23.3. The Labute approximate surface area is 190 Å². The third kappa shape index (κ3) is 5.28. The van der Waals surface area contributed by atoms with E-state index in [2.05, 4.69) is 68.8 Å². The summed E-state index contributed by atoms with van der Waals surface area (Å²) in [6.07, 6.45) is 1.41. The maximum absolute atomic E-state index is 11.3. The first-order chi connectivity index (χ1) is 15.3. The van der Waals surface area contributed by atoms with Gasteiger partial charge in [-0.2, -0.15) is 0 Å². The number of hydrogen-bond donors (Lipinski definition) is 1. The monoisotopic (exact) mass is 432 g/mol. The molecule has 3 rings (SSSR count). The minimum Gasteiger partial charge on any atom is -0.493 e. The lowest BCUT2D eigenvalue weighted by Gasteiger charge is -2.28. The number of hydrogen-bond acceptors (Lipinski definition) is 4. The summed E-state index contributed by atoms with van der Waals surface area (Å²) in [5, 5.41) is 9.23. The summed E-state index contributed by atoms with van der Waals surface area (Å²) in [6, 6.07) is 17.9. The maximum atomic E-state index is 11.3. The van der Waals surface area contributed by atoms with Crippen LogP contribution in [0, 0.1) is 5.92 Å². The van der Waals surface area contributed by atoms with Crippen LogP contribution in [0.1, 0.15) is 56.5 Å². The van der Waals surface area contributed by atoms with E-state index >= 15 is 0 Å². The van der Waals surface area contributed by atoms with Crippen LogP contribution in [0.3, 0.4) is 0 Å². The number of rotatable bonds is 9. The third-order valence-electron chi connectivity index (χ3n) is 5.29. The molecule has 0 saturated heterocycles. The third-order valence-corrected chi connectivity index (χ3v) is 5.29. The number of nitrogens with zero attached hydrogens (tertiary/aromatic N) is 2. The number of pyridine rings is 1. The van der Waals surface area contributed by atoms with Crippen LogP contribution < -0.4 is 9.64 Å². The van der Waals surface area contributed by atoms with Crippen molar-refractivity contribution in [3.63, 3.8) is 0 Å². The molecule has 0 aliphatic rings. The van der Waals surface area contributed by atoms with Crippen LogP contribution in [0.4, 0.5) is 11.5 Å². The average Bonchev–Trinajstić information content (AvgIpc) is 2.79. The molecule has 5 heteroatoms. The Balaban J connectivity index is 2.18. The summed E-state index contributed by atoms with van der Waals surface area (Å²) in [5.41, 5.74) is 4.48. The van der Waals surface area contributed by atoms with Crippen molar-refractivity contribution >= 4 is 17.5 Å². The summed E-state index contributed by atoms with van der Waals surface area (Å²) >= 11 is 0. The predicted octanol–water partition coefficient (Wildman–Crippen LogP) is 6.76. The fourth-order valence-corrected chi connectivity index (χ4v) is 3.62. The van der Waals surface area contributed by atoms with E-state index in [0.29, 0.717) is 24.9 Å². The zero-order valence-electron chi connectivity index (χ0n) is 19.5. The van der Waals surface area contributed by atoms with Gasteiger partial charge in [0.2, 0.25) is 0 Å². The highest BCUT2D eigenvalue weighted by atomic mass is 16.5. The molecule has 168 valence electrons. The number of benzene rings is 2. The van der Waals surface area contributed by atoms with Gasteiger partial charge in [0.05, 0.1) is 17.9 Å². The minimum absolute atomic E-state index is 0.174. The molecule has 0 aliphatic heterocycles. The Kier molecular flexibility index (Phi) is 7.52. The lowest BCUT2D eigenvalue weighted by atomic mass is 9.94. The highest BCUT2D eigenvalue weighted by molar-refractivity contribution is 5.88. The van der Waals surface area contributed by atoms with Gasteiger partial charge in [0.25, 0.3) is 0 Å². The van der Waals surface area contributed by atoms with E-state index < -0.39 is 5.97 Å². The van der Waals surface area contributed by atoms with Gasteiger partial charge in [-0.15, -0.1) is 0 Å². The van der Waals surface area contributed by atoms with E-state index in [-0.39, 0.29) is 11.5 Å². The van der Waals surface area contributed by atoms with Crippen LogP contribution in [0.2, 0.25) is 0 Å². The number of aromatic nitrogens is 1. The molecule has 1 aromatic heterocycles.